The molecule has 0 saturated carbocycles. The van der Waals surface area contributed by atoms with Crippen molar-refractivity contribution in [2.45, 2.75) is 51.5 Å². The predicted molar refractivity (Wildman–Crippen MR) is 127 cm³/mol. The molecule has 0 saturated heterocycles. The van der Waals surface area contributed by atoms with Crippen molar-refractivity contribution < 1.29 is 23.4 Å². The van der Waals surface area contributed by atoms with E-state index in [1.165, 1.54) is 6.07 Å². The van der Waals surface area contributed by atoms with Gasteiger partial charge < -0.3 is 14.2 Å². The van der Waals surface area contributed by atoms with Gasteiger partial charge in [0.05, 0.1) is 27.4 Å². The number of hydrogen-bond acceptors (Lipinski definition) is 6. The maximum Gasteiger partial charge on any atom is 0.203 e. The summed E-state index contributed by atoms with van der Waals surface area (Å²) >= 11 is 0. The van der Waals surface area contributed by atoms with Crippen LogP contribution in [0, 0.1) is 5.82 Å². The fourth-order valence-corrected chi connectivity index (χ4v) is 4.15. The Morgan fingerprint density at radius 1 is 1.09 bits per heavy atom. The summed E-state index contributed by atoms with van der Waals surface area (Å²) in [5.74, 6) is 1.34. The van der Waals surface area contributed by atoms with E-state index in [4.69, 9.17) is 14.2 Å². The molecule has 0 N–H and O–H groups in total. The maximum absolute atomic E-state index is 14.5. The number of carbonyl (C=O) groups excluding carboxylic acids is 1. The van der Waals surface area contributed by atoms with Crippen LogP contribution in [-0.4, -0.2) is 44.4 Å². The van der Waals surface area contributed by atoms with Crippen molar-refractivity contribution in [2.24, 2.45) is 5.10 Å². The standard InChI is InChI=1S/C26H33FN2O4/c1-5-6-9-14-29-22(19-10-7-8-11-20(19)27)17-21(28-29)23(30)13-12-18-15-24(31-2)26(33-4)25(16-18)32-3/h7-8,10-11,15-16,22H,5-6,9,12-14,17H2,1-4H3. The average Bonchev–Trinajstić information content (AvgIpc) is 3.26. The molecule has 1 atom stereocenters. The molecule has 1 aliphatic rings. The molecule has 1 aliphatic heterocycles. The van der Waals surface area contributed by atoms with Crippen LogP contribution in [0.5, 0.6) is 17.2 Å². The molecule has 0 aliphatic carbocycles. The van der Waals surface area contributed by atoms with Crippen molar-refractivity contribution in [1.29, 1.82) is 0 Å². The van der Waals surface area contributed by atoms with Crippen molar-refractivity contribution >= 4 is 11.5 Å². The molecule has 0 fully saturated rings. The second-order valence-corrected chi connectivity index (χ2v) is 8.12. The number of Topliss-reactive ketones (excluding diaryl/α,β-unsaturated/α-hetero) is 1. The largest absolute Gasteiger partial charge is 0.493 e. The molecule has 7 heteroatoms. The second kappa shape index (κ2) is 11.7. The molecule has 2 aromatic carbocycles. The molecule has 3 rings (SSSR count). The topological polar surface area (TPSA) is 60.4 Å². The van der Waals surface area contributed by atoms with Crippen molar-refractivity contribution in [3.05, 3.63) is 53.3 Å². The summed E-state index contributed by atoms with van der Waals surface area (Å²) in [4.78, 5) is 13.0. The van der Waals surface area contributed by atoms with Gasteiger partial charge in [0, 0.05) is 24.9 Å². The van der Waals surface area contributed by atoms with E-state index in [9.17, 15) is 9.18 Å². The van der Waals surface area contributed by atoms with E-state index in [1.807, 2.05) is 23.2 Å². The van der Waals surface area contributed by atoms with Gasteiger partial charge in [-0.1, -0.05) is 38.0 Å². The highest BCUT2D eigenvalue weighted by Crippen LogP contribution is 2.38. The zero-order valence-electron chi connectivity index (χ0n) is 19.9. The van der Waals surface area contributed by atoms with Crippen molar-refractivity contribution in [3.8, 4) is 17.2 Å². The Hall–Kier alpha value is -3.09. The molecule has 0 bridgehead atoms. The van der Waals surface area contributed by atoms with E-state index in [0.29, 0.717) is 54.3 Å². The number of benzene rings is 2. The van der Waals surface area contributed by atoms with Crippen LogP contribution in [0.3, 0.4) is 0 Å². The number of halogens is 1. The predicted octanol–water partition coefficient (Wildman–Crippen LogP) is 5.35. The maximum atomic E-state index is 14.5. The Morgan fingerprint density at radius 2 is 1.79 bits per heavy atom. The van der Waals surface area contributed by atoms with Crippen LogP contribution in [0.2, 0.25) is 0 Å². The van der Waals surface area contributed by atoms with E-state index < -0.39 is 0 Å². The minimum absolute atomic E-state index is 0.0249. The second-order valence-electron chi connectivity index (χ2n) is 8.12. The molecule has 33 heavy (non-hydrogen) atoms. The molecule has 0 amide bonds. The van der Waals surface area contributed by atoms with Crippen molar-refractivity contribution in [1.82, 2.24) is 5.01 Å². The molecule has 0 radical (unpaired) electrons. The Balaban J connectivity index is 1.73. The van der Waals surface area contributed by atoms with Crippen LogP contribution in [0.25, 0.3) is 0 Å². The van der Waals surface area contributed by atoms with Gasteiger partial charge in [0.15, 0.2) is 17.3 Å². The molecule has 0 spiro atoms. The van der Waals surface area contributed by atoms with Crippen LogP contribution < -0.4 is 14.2 Å². The zero-order valence-corrected chi connectivity index (χ0v) is 19.9. The van der Waals surface area contributed by atoms with E-state index in [-0.39, 0.29) is 17.6 Å². The van der Waals surface area contributed by atoms with E-state index in [2.05, 4.69) is 12.0 Å². The van der Waals surface area contributed by atoms with Gasteiger partial charge >= 0.3 is 0 Å². The number of carbonyl (C=O) groups is 1. The molecule has 6 nitrogen and oxygen atoms in total. The number of nitrogens with zero attached hydrogens (tertiary/aromatic N) is 2. The van der Waals surface area contributed by atoms with Gasteiger partial charge in [0.2, 0.25) is 5.75 Å². The van der Waals surface area contributed by atoms with E-state index in [1.54, 1.807) is 33.5 Å². The lowest BCUT2D eigenvalue weighted by atomic mass is 9.97. The normalized spacial score (nSPS) is 15.4. The fraction of sp³-hybridized carbons (Fsp3) is 0.462. The van der Waals surface area contributed by atoms with Crippen LogP contribution in [0.4, 0.5) is 4.39 Å². The number of unbranched alkanes of at least 4 members (excludes halogenated alkanes) is 2. The summed E-state index contributed by atoms with van der Waals surface area (Å²) in [6.45, 7) is 2.84. The number of ether oxygens (including phenoxy) is 3. The first kappa shape index (κ1) is 24.6. The lowest BCUT2D eigenvalue weighted by molar-refractivity contribution is -0.113. The zero-order chi connectivity index (χ0) is 23.8. The van der Waals surface area contributed by atoms with Crippen LogP contribution >= 0.6 is 0 Å². The van der Waals surface area contributed by atoms with Gasteiger partial charge in [-0.3, -0.25) is 9.80 Å². The molecule has 0 aromatic heterocycles. The SMILES string of the molecule is CCCCCN1N=C(C(=O)CCc2cc(OC)c(OC)c(OC)c2)CC1c1ccccc1F. The quantitative estimate of drug-likeness (QED) is 0.403. The average molecular weight is 457 g/mol. The minimum atomic E-state index is -0.260. The van der Waals surface area contributed by atoms with Gasteiger partial charge in [-0.25, -0.2) is 4.39 Å². The minimum Gasteiger partial charge on any atom is -0.493 e. The van der Waals surface area contributed by atoms with Crippen LogP contribution in [0.15, 0.2) is 41.5 Å². The molecule has 1 heterocycles. The number of hydrogen-bond donors (Lipinski definition) is 0. The van der Waals surface area contributed by atoms with Gasteiger partial charge in [-0.15, -0.1) is 0 Å². The molecular formula is C26H33FN2O4. The highest BCUT2D eigenvalue weighted by atomic mass is 19.1. The Morgan fingerprint density at radius 3 is 2.39 bits per heavy atom. The first-order chi connectivity index (χ1) is 16.0. The Kier molecular flexibility index (Phi) is 8.69. The number of rotatable bonds is 12. The summed E-state index contributed by atoms with van der Waals surface area (Å²) in [5.41, 5.74) is 2.00. The molecule has 178 valence electrons. The number of ketones is 1. The summed E-state index contributed by atoms with van der Waals surface area (Å²) in [6.07, 6.45) is 4.33. The van der Waals surface area contributed by atoms with Crippen LogP contribution in [-0.2, 0) is 11.2 Å². The van der Waals surface area contributed by atoms with Gasteiger partial charge in [0.1, 0.15) is 11.5 Å². The fourth-order valence-electron chi connectivity index (χ4n) is 4.15. The van der Waals surface area contributed by atoms with Gasteiger partial charge in [0.25, 0.3) is 0 Å². The Bertz CT molecular complexity index is 967. The monoisotopic (exact) mass is 456 g/mol. The molecule has 2 aromatic rings. The first-order valence-corrected chi connectivity index (χ1v) is 11.4. The molecular weight excluding hydrogens is 423 g/mol. The smallest absolute Gasteiger partial charge is 0.203 e. The lowest BCUT2D eigenvalue weighted by Crippen LogP contribution is -2.21. The third-order valence-electron chi connectivity index (χ3n) is 5.94. The van der Waals surface area contributed by atoms with Crippen molar-refractivity contribution in [2.75, 3.05) is 27.9 Å². The number of hydrazone groups is 1. The first-order valence-electron chi connectivity index (χ1n) is 11.4. The number of methoxy groups -OCH3 is 3. The third-order valence-corrected chi connectivity index (χ3v) is 5.94. The summed E-state index contributed by atoms with van der Waals surface area (Å²) in [7, 11) is 4.69. The lowest BCUT2D eigenvalue weighted by Gasteiger charge is -2.24. The number of aryl methyl sites for hydroxylation is 1. The summed E-state index contributed by atoms with van der Waals surface area (Å²) in [6, 6.07) is 10.2. The highest BCUT2D eigenvalue weighted by molar-refractivity contribution is 6.40. The summed E-state index contributed by atoms with van der Waals surface area (Å²) in [5, 5.41) is 6.52. The molecule has 1 unspecified atom stereocenters. The highest BCUT2D eigenvalue weighted by Gasteiger charge is 2.32. The van der Waals surface area contributed by atoms with Gasteiger partial charge in [-0.2, -0.15) is 5.10 Å². The van der Waals surface area contributed by atoms with E-state index >= 15 is 0 Å². The van der Waals surface area contributed by atoms with E-state index in [0.717, 1.165) is 24.8 Å². The van der Waals surface area contributed by atoms with Crippen molar-refractivity contribution in [3.63, 3.8) is 0 Å². The van der Waals surface area contributed by atoms with Gasteiger partial charge in [-0.05, 0) is 36.6 Å². The third kappa shape index (κ3) is 5.83. The Labute approximate surface area is 195 Å². The summed E-state index contributed by atoms with van der Waals surface area (Å²) < 4.78 is 30.7. The van der Waals surface area contributed by atoms with Crippen LogP contribution in [0.1, 0.15) is 56.2 Å².